The summed E-state index contributed by atoms with van der Waals surface area (Å²) in [5.41, 5.74) is 0. The van der Waals surface area contributed by atoms with Crippen LogP contribution in [0.5, 0.6) is 0 Å². The van der Waals surface area contributed by atoms with Gasteiger partial charge in [-0.3, -0.25) is 4.79 Å². The van der Waals surface area contributed by atoms with Crippen LogP contribution in [0.15, 0.2) is 12.3 Å². The van der Waals surface area contributed by atoms with Crippen molar-refractivity contribution in [3.05, 3.63) is 12.3 Å². The number of hydrogen-bond donors (Lipinski definition) is 1. The van der Waals surface area contributed by atoms with Crippen LogP contribution in [0.3, 0.4) is 0 Å². The van der Waals surface area contributed by atoms with E-state index in [2.05, 4.69) is 32.7 Å². The minimum absolute atomic E-state index is 0.0879. The first kappa shape index (κ1) is 38.0. The fourth-order valence-corrected chi connectivity index (χ4v) is 5.08. The molecule has 4 heteroatoms. The second-order valence-electron chi connectivity index (χ2n) is 11.7. The quantitative estimate of drug-likeness (QED) is 0.0513. The summed E-state index contributed by atoms with van der Waals surface area (Å²) >= 11 is 0. The van der Waals surface area contributed by atoms with Gasteiger partial charge in [0.25, 0.3) is 0 Å². The number of ether oxygens (including phenoxy) is 2. The Bertz CT molecular complexity index is 506. The van der Waals surface area contributed by atoms with Crippen LogP contribution in [0.4, 0.5) is 0 Å². The van der Waals surface area contributed by atoms with Crippen molar-refractivity contribution in [2.24, 2.45) is 0 Å². The Morgan fingerprint density at radius 3 is 1.49 bits per heavy atom. The monoisotopic (exact) mass is 552 g/mol. The minimum atomic E-state index is -0.0879. The largest absolute Gasteiger partial charge is 0.495 e. The van der Waals surface area contributed by atoms with Gasteiger partial charge in [-0.15, -0.1) is 0 Å². The summed E-state index contributed by atoms with van der Waals surface area (Å²) in [6, 6.07) is 0. The lowest BCUT2D eigenvalue weighted by atomic mass is 10.0. The van der Waals surface area contributed by atoms with Gasteiger partial charge in [-0.1, -0.05) is 143 Å². The smallest absolute Gasteiger partial charge is 0.307 e. The van der Waals surface area contributed by atoms with E-state index in [9.17, 15) is 4.79 Å². The number of rotatable bonds is 32. The van der Waals surface area contributed by atoms with Gasteiger partial charge in [0.05, 0.1) is 24.9 Å². The van der Waals surface area contributed by atoms with E-state index < -0.39 is 0 Å². The molecule has 1 N–H and O–H groups in total. The number of hydrogen-bond acceptors (Lipinski definition) is 4. The van der Waals surface area contributed by atoms with Crippen molar-refractivity contribution in [2.45, 2.75) is 187 Å². The molecule has 232 valence electrons. The molecule has 0 heterocycles. The van der Waals surface area contributed by atoms with Crippen LogP contribution >= 0.6 is 0 Å². The third kappa shape index (κ3) is 29.8. The average molecular weight is 552 g/mol. The van der Waals surface area contributed by atoms with E-state index >= 15 is 0 Å². The van der Waals surface area contributed by atoms with E-state index in [1.807, 2.05) is 0 Å². The maximum Gasteiger partial charge on any atom is 0.307 e. The van der Waals surface area contributed by atoms with Crippen LogP contribution in [0.1, 0.15) is 181 Å². The molecule has 0 saturated heterocycles. The number of unbranched alkanes of at least 4 members (excludes halogenated alkanes) is 18. The van der Waals surface area contributed by atoms with E-state index in [0.717, 1.165) is 38.0 Å². The van der Waals surface area contributed by atoms with Crippen LogP contribution in [0.25, 0.3) is 0 Å². The van der Waals surface area contributed by atoms with Gasteiger partial charge < -0.3 is 14.8 Å². The van der Waals surface area contributed by atoms with Crippen molar-refractivity contribution in [3.8, 4) is 0 Å². The van der Waals surface area contributed by atoms with E-state index in [4.69, 9.17) is 9.47 Å². The highest BCUT2D eigenvalue weighted by molar-refractivity contribution is 5.69. The zero-order chi connectivity index (χ0) is 28.7. The van der Waals surface area contributed by atoms with Gasteiger partial charge in [-0.05, 0) is 32.1 Å². The van der Waals surface area contributed by atoms with Crippen molar-refractivity contribution in [1.82, 2.24) is 5.32 Å². The van der Waals surface area contributed by atoms with Crippen LogP contribution in [-0.2, 0) is 14.3 Å². The predicted octanol–water partition coefficient (Wildman–Crippen LogP) is 10.8. The summed E-state index contributed by atoms with van der Waals surface area (Å²) < 4.78 is 11.7. The minimum Gasteiger partial charge on any atom is -0.495 e. The maximum absolute atomic E-state index is 12.0. The maximum atomic E-state index is 12.0. The second-order valence-corrected chi connectivity index (χ2v) is 11.7. The molecule has 0 spiro atoms. The van der Waals surface area contributed by atoms with Crippen LogP contribution in [0, 0.1) is 0 Å². The lowest BCUT2D eigenvalue weighted by Crippen LogP contribution is -2.22. The average Bonchev–Trinajstić information content (AvgIpc) is 2.93. The normalized spacial score (nSPS) is 11.3. The number of carbonyl (C=O) groups is 1. The van der Waals surface area contributed by atoms with Crippen LogP contribution in [-0.4, -0.2) is 31.8 Å². The number of esters is 1. The molecule has 0 aliphatic carbocycles. The fourth-order valence-electron chi connectivity index (χ4n) is 5.08. The van der Waals surface area contributed by atoms with Crippen molar-refractivity contribution in [1.29, 1.82) is 0 Å². The molecule has 39 heavy (non-hydrogen) atoms. The predicted molar refractivity (Wildman–Crippen MR) is 170 cm³/mol. The molecule has 0 atom stereocenters. The molecule has 0 unspecified atom stereocenters. The Labute approximate surface area is 244 Å². The molecule has 0 amide bonds. The van der Waals surface area contributed by atoms with E-state index in [-0.39, 0.29) is 5.97 Å². The highest BCUT2D eigenvalue weighted by Gasteiger charge is 2.11. The third-order valence-electron chi connectivity index (χ3n) is 7.69. The Kier molecular flexibility index (Phi) is 30.7. The second kappa shape index (κ2) is 31.5. The lowest BCUT2D eigenvalue weighted by Gasteiger charge is -2.21. The molecule has 0 bridgehead atoms. The number of nitrogens with one attached hydrogen (secondary N) is 1. The summed E-state index contributed by atoms with van der Waals surface area (Å²) in [7, 11) is 0. The summed E-state index contributed by atoms with van der Waals surface area (Å²) in [6.07, 6.45) is 31.3. The first-order valence-electron chi connectivity index (χ1n) is 17.3. The number of carbonyl (C=O) groups excluding carboxylic acids is 1. The van der Waals surface area contributed by atoms with Gasteiger partial charge in [-0.2, -0.15) is 0 Å². The molecule has 0 saturated carbocycles. The van der Waals surface area contributed by atoms with E-state index in [1.54, 1.807) is 0 Å². The van der Waals surface area contributed by atoms with Gasteiger partial charge in [0.15, 0.2) is 0 Å². The summed E-state index contributed by atoms with van der Waals surface area (Å²) in [6.45, 7) is 13.0. The molecule has 0 radical (unpaired) electrons. The molecule has 0 aromatic carbocycles. The van der Waals surface area contributed by atoms with Gasteiger partial charge in [-0.25, -0.2) is 0 Å². The molecule has 4 nitrogen and oxygen atoms in total. The van der Waals surface area contributed by atoms with Crippen molar-refractivity contribution < 1.29 is 14.3 Å². The first-order chi connectivity index (χ1) is 19.1. The summed E-state index contributed by atoms with van der Waals surface area (Å²) in [5, 5.41) is 3.36. The van der Waals surface area contributed by atoms with Gasteiger partial charge in [0, 0.05) is 19.5 Å². The van der Waals surface area contributed by atoms with E-state index in [0.29, 0.717) is 25.7 Å². The Hall–Kier alpha value is -1.03. The lowest BCUT2D eigenvalue weighted by molar-refractivity contribution is -0.143. The summed E-state index contributed by atoms with van der Waals surface area (Å²) in [5.74, 6) is 0.799. The van der Waals surface area contributed by atoms with Crippen LogP contribution < -0.4 is 5.32 Å². The molecule has 0 aromatic heterocycles. The van der Waals surface area contributed by atoms with Gasteiger partial charge in [0.2, 0.25) is 0 Å². The summed E-state index contributed by atoms with van der Waals surface area (Å²) in [4.78, 5) is 12.0. The molecular formula is C35H69NO3. The van der Waals surface area contributed by atoms with Crippen molar-refractivity contribution >= 4 is 5.97 Å². The zero-order valence-corrected chi connectivity index (χ0v) is 26.8. The Balaban J connectivity index is 3.88. The standard InChI is InChI=1S/C35H69NO3/c1-5-8-11-14-17-18-19-22-25-32-38-35(37)29-31-36-30-28-33(4)39-34(26-23-20-15-12-9-6-2)27-24-21-16-13-10-7-3/h34,36H,4-32H2,1-3H3. The highest BCUT2D eigenvalue weighted by Crippen LogP contribution is 2.19. The Morgan fingerprint density at radius 1 is 0.590 bits per heavy atom. The molecule has 0 aliphatic heterocycles. The molecule has 0 rings (SSSR count). The molecule has 0 fully saturated rings. The van der Waals surface area contributed by atoms with Gasteiger partial charge in [0.1, 0.15) is 0 Å². The fraction of sp³-hybridized carbons (Fsp3) is 0.914. The third-order valence-corrected chi connectivity index (χ3v) is 7.69. The molecular weight excluding hydrogens is 482 g/mol. The Morgan fingerprint density at radius 2 is 1.00 bits per heavy atom. The van der Waals surface area contributed by atoms with E-state index in [1.165, 1.54) is 128 Å². The molecule has 0 aromatic rings. The van der Waals surface area contributed by atoms with Crippen LogP contribution in [0.2, 0.25) is 0 Å². The zero-order valence-electron chi connectivity index (χ0n) is 26.8. The SMILES string of the molecule is C=C(CCNCCC(=O)OCCCCCCCCCCC)OC(CCCCCCCC)CCCCCCCC. The highest BCUT2D eigenvalue weighted by atomic mass is 16.5. The topological polar surface area (TPSA) is 47.6 Å². The first-order valence-corrected chi connectivity index (χ1v) is 17.3. The van der Waals surface area contributed by atoms with Crippen molar-refractivity contribution in [2.75, 3.05) is 19.7 Å². The molecule has 0 aliphatic rings. The van der Waals surface area contributed by atoms with Gasteiger partial charge >= 0.3 is 5.97 Å². The van der Waals surface area contributed by atoms with Crippen molar-refractivity contribution in [3.63, 3.8) is 0 Å².